The molecule has 0 spiro atoms. The molecule has 0 aliphatic carbocycles. The second kappa shape index (κ2) is 3.47. The van der Waals surface area contributed by atoms with Gasteiger partial charge < -0.3 is 4.74 Å². The molecule has 82 valence electrons. The van der Waals surface area contributed by atoms with Gasteiger partial charge in [-0.2, -0.15) is 0 Å². The summed E-state index contributed by atoms with van der Waals surface area (Å²) in [6.45, 7) is 11.6. The summed E-state index contributed by atoms with van der Waals surface area (Å²) < 4.78 is 5.27. The van der Waals surface area contributed by atoms with E-state index in [-0.39, 0.29) is 0 Å². The molecule has 0 N–H and O–H groups in total. The lowest BCUT2D eigenvalue weighted by Gasteiger charge is -2.55. The first-order chi connectivity index (χ1) is 6.50. The second-order valence-corrected chi connectivity index (χ2v) is 5.54. The molecule has 0 radical (unpaired) electrons. The first-order valence-corrected chi connectivity index (χ1v) is 5.52. The maximum Gasteiger partial charge on any atom is 0.0825 e. The fourth-order valence-corrected chi connectivity index (χ4v) is 2.15. The Morgan fingerprint density at radius 3 is 2.07 bits per heavy atom. The van der Waals surface area contributed by atoms with E-state index >= 15 is 0 Å². The molecule has 0 amide bonds. The lowest BCUT2D eigenvalue weighted by Crippen LogP contribution is -2.69. The molecule has 2 saturated heterocycles. The summed E-state index contributed by atoms with van der Waals surface area (Å²) in [5.74, 6) is 0. The molecule has 0 saturated carbocycles. The highest BCUT2D eigenvalue weighted by Crippen LogP contribution is 2.27. The van der Waals surface area contributed by atoms with Gasteiger partial charge in [0, 0.05) is 44.9 Å². The summed E-state index contributed by atoms with van der Waals surface area (Å²) in [5.41, 5.74) is 0.349. The maximum atomic E-state index is 5.27. The lowest BCUT2D eigenvalue weighted by atomic mass is 9.94. The monoisotopic (exact) mass is 198 g/mol. The summed E-state index contributed by atoms with van der Waals surface area (Å²) in [6.07, 6.45) is 0.499. The molecule has 2 rings (SSSR count). The largest absolute Gasteiger partial charge is 0.379 e. The number of ether oxygens (including phenoxy) is 1. The van der Waals surface area contributed by atoms with Gasteiger partial charge in [-0.1, -0.05) is 0 Å². The molecule has 0 atom stereocenters. The van der Waals surface area contributed by atoms with Crippen LogP contribution >= 0.6 is 0 Å². The zero-order valence-corrected chi connectivity index (χ0v) is 9.79. The predicted octanol–water partition coefficient (Wildman–Crippen LogP) is 0.800. The van der Waals surface area contributed by atoms with E-state index in [1.807, 2.05) is 7.11 Å². The summed E-state index contributed by atoms with van der Waals surface area (Å²) in [5, 5.41) is 0. The van der Waals surface area contributed by atoms with Crippen LogP contribution in [0.5, 0.6) is 0 Å². The van der Waals surface area contributed by atoms with Crippen LogP contribution in [0.3, 0.4) is 0 Å². The van der Waals surface area contributed by atoms with E-state index in [2.05, 4.69) is 30.6 Å². The minimum Gasteiger partial charge on any atom is -0.379 e. The highest BCUT2D eigenvalue weighted by atomic mass is 16.5. The molecule has 14 heavy (non-hydrogen) atoms. The quantitative estimate of drug-likeness (QED) is 0.653. The topological polar surface area (TPSA) is 15.7 Å². The molecule has 2 fully saturated rings. The van der Waals surface area contributed by atoms with Crippen molar-refractivity contribution in [3.8, 4) is 0 Å². The molecule has 0 aromatic carbocycles. The summed E-state index contributed by atoms with van der Waals surface area (Å²) in [7, 11) is 1.81. The number of nitrogens with zero attached hydrogens (tertiary/aromatic N) is 2. The van der Waals surface area contributed by atoms with Gasteiger partial charge in [0.05, 0.1) is 6.10 Å². The Balaban J connectivity index is 1.69. The van der Waals surface area contributed by atoms with Crippen LogP contribution in [0.25, 0.3) is 0 Å². The van der Waals surface area contributed by atoms with Gasteiger partial charge in [-0.05, 0) is 20.8 Å². The van der Waals surface area contributed by atoms with Crippen molar-refractivity contribution < 1.29 is 4.74 Å². The van der Waals surface area contributed by atoms with Crippen molar-refractivity contribution in [1.29, 1.82) is 0 Å². The highest BCUT2D eigenvalue weighted by molar-refractivity contribution is 4.98. The number of rotatable bonds is 2. The van der Waals surface area contributed by atoms with Gasteiger partial charge in [-0.15, -0.1) is 0 Å². The van der Waals surface area contributed by atoms with Crippen molar-refractivity contribution in [3.05, 3.63) is 0 Å². The molecule has 0 aromatic rings. The fraction of sp³-hybridized carbons (Fsp3) is 1.00. The van der Waals surface area contributed by atoms with Gasteiger partial charge in [-0.25, -0.2) is 0 Å². The summed E-state index contributed by atoms with van der Waals surface area (Å²) >= 11 is 0. The zero-order chi connectivity index (χ0) is 10.3. The molecular formula is C11H22N2O. The van der Waals surface area contributed by atoms with Crippen LogP contribution < -0.4 is 0 Å². The smallest absolute Gasteiger partial charge is 0.0825 e. The zero-order valence-electron chi connectivity index (χ0n) is 9.79. The second-order valence-electron chi connectivity index (χ2n) is 5.54. The first kappa shape index (κ1) is 10.4. The minimum atomic E-state index is 0.349. The van der Waals surface area contributed by atoms with Crippen LogP contribution in [0.1, 0.15) is 20.8 Å². The van der Waals surface area contributed by atoms with Gasteiger partial charge in [0.2, 0.25) is 0 Å². The predicted molar refractivity (Wildman–Crippen MR) is 57.5 cm³/mol. The number of methoxy groups -OCH3 is 1. The number of hydrogen-bond donors (Lipinski definition) is 0. The Morgan fingerprint density at radius 2 is 1.64 bits per heavy atom. The third kappa shape index (κ3) is 1.81. The van der Waals surface area contributed by atoms with E-state index < -0.39 is 0 Å². The third-order valence-electron chi connectivity index (χ3n) is 3.54. The molecule has 2 aliphatic heterocycles. The summed E-state index contributed by atoms with van der Waals surface area (Å²) in [4.78, 5) is 5.08. The lowest BCUT2D eigenvalue weighted by molar-refractivity contribution is -0.103. The Bertz CT molecular complexity index is 200. The fourth-order valence-electron chi connectivity index (χ4n) is 2.15. The molecule has 3 heteroatoms. The van der Waals surface area contributed by atoms with E-state index in [0.29, 0.717) is 11.6 Å². The Morgan fingerprint density at radius 1 is 1.07 bits per heavy atom. The molecule has 0 unspecified atom stereocenters. The van der Waals surface area contributed by atoms with E-state index in [1.54, 1.807) is 0 Å². The third-order valence-corrected chi connectivity index (χ3v) is 3.54. The van der Waals surface area contributed by atoms with E-state index in [1.165, 1.54) is 13.1 Å². The van der Waals surface area contributed by atoms with Crippen LogP contribution in [-0.4, -0.2) is 60.8 Å². The number of likely N-dealkylation sites (tertiary alicyclic amines) is 2. The van der Waals surface area contributed by atoms with Crippen molar-refractivity contribution in [3.63, 3.8) is 0 Å². The minimum absolute atomic E-state index is 0.349. The van der Waals surface area contributed by atoms with Gasteiger partial charge in [0.25, 0.3) is 0 Å². The van der Waals surface area contributed by atoms with E-state index in [0.717, 1.165) is 19.1 Å². The normalized spacial score (nSPS) is 27.4. The molecule has 2 aliphatic rings. The van der Waals surface area contributed by atoms with Crippen LogP contribution in [-0.2, 0) is 4.74 Å². The Hall–Kier alpha value is -0.120. The van der Waals surface area contributed by atoms with Crippen LogP contribution in [0.4, 0.5) is 0 Å². The summed E-state index contributed by atoms with van der Waals surface area (Å²) in [6, 6.07) is 0.792. The molecule has 0 aromatic heterocycles. The standard InChI is InChI=1S/C11H22N2O/c1-11(2,3)13-5-9(6-13)12-7-10(8-12)14-4/h9-10H,5-8H2,1-4H3. The van der Waals surface area contributed by atoms with Crippen molar-refractivity contribution in [1.82, 2.24) is 9.80 Å². The molecular weight excluding hydrogens is 176 g/mol. The molecule has 3 nitrogen and oxygen atoms in total. The van der Waals surface area contributed by atoms with Gasteiger partial charge >= 0.3 is 0 Å². The van der Waals surface area contributed by atoms with Crippen LogP contribution in [0.2, 0.25) is 0 Å². The van der Waals surface area contributed by atoms with Crippen molar-refractivity contribution in [2.45, 2.75) is 38.5 Å². The van der Waals surface area contributed by atoms with Crippen molar-refractivity contribution in [2.24, 2.45) is 0 Å². The van der Waals surface area contributed by atoms with Crippen molar-refractivity contribution in [2.75, 3.05) is 33.3 Å². The molecule has 2 heterocycles. The van der Waals surface area contributed by atoms with E-state index in [4.69, 9.17) is 4.74 Å². The van der Waals surface area contributed by atoms with Crippen LogP contribution in [0, 0.1) is 0 Å². The van der Waals surface area contributed by atoms with E-state index in [9.17, 15) is 0 Å². The van der Waals surface area contributed by atoms with Crippen molar-refractivity contribution >= 4 is 0 Å². The van der Waals surface area contributed by atoms with Gasteiger partial charge in [0.15, 0.2) is 0 Å². The maximum absolute atomic E-state index is 5.27. The SMILES string of the molecule is COC1CN(C2CN(C(C)(C)C)C2)C1. The van der Waals surface area contributed by atoms with Crippen LogP contribution in [0.15, 0.2) is 0 Å². The van der Waals surface area contributed by atoms with Gasteiger partial charge in [-0.3, -0.25) is 9.80 Å². The Kier molecular flexibility index (Phi) is 2.58. The highest BCUT2D eigenvalue weighted by Gasteiger charge is 2.41. The average Bonchev–Trinajstić information content (AvgIpc) is 1.87. The number of hydrogen-bond acceptors (Lipinski definition) is 3. The Labute approximate surface area is 87.0 Å². The first-order valence-electron chi connectivity index (χ1n) is 5.52. The van der Waals surface area contributed by atoms with Gasteiger partial charge in [0.1, 0.15) is 0 Å². The average molecular weight is 198 g/mol. The molecule has 0 bridgehead atoms.